The summed E-state index contributed by atoms with van der Waals surface area (Å²) in [4.78, 5) is 45.2. The summed E-state index contributed by atoms with van der Waals surface area (Å²) in [6.07, 6.45) is 0.175. The Kier molecular flexibility index (Phi) is 5.30. The van der Waals surface area contributed by atoms with Gasteiger partial charge in [0, 0.05) is 13.0 Å². The van der Waals surface area contributed by atoms with Gasteiger partial charge in [-0.05, 0) is 19.3 Å². The van der Waals surface area contributed by atoms with Crippen LogP contribution in [0.2, 0.25) is 0 Å². The highest BCUT2D eigenvalue weighted by Crippen LogP contribution is 2.17. The van der Waals surface area contributed by atoms with Crippen LogP contribution in [0.3, 0.4) is 0 Å². The fraction of sp³-hybridized carbons (Fsp3) is 0.636. The molecule has 1 saturated heterocycles. The van der Waals surface area contributed by atoms with Gasteiger partial charge in [0.2, 0.25) is 0 Å². The van der Waals surface area contributed by atoms with E-state index in [1.165, 1.54) is 0 Å². The molecule has 1 rings (SSSR count). The lowest BCUT2D eigenvalue weighted by molar-refractivity contribution is -0.141. The van der Waals surface area contributed by atoms with Gasteiger partial charge in [0.25, 0.3) is 0 Å². The molecule has 20 heavy (non-hydrogen) atoms. The van der Waals surface area contributed by atoms with Crippen molar-refractivity contribution in [2.45, 2.75) is 37.8 Å². The van der Waals surface area contributed by atoms with Crippen LogP contribution in [0.1, 0.15) is 25.7 Å². The first kappa shape index (κ1) is 15.7. The molecule has 0 aromatic carbocycles. The molecule has 0 aromatic heterocycles. The summed E-state index contributed by atoms with van der Waals surface area (Å²) in [7, 11) is 0. The molecule has 0 spiro atoms. The zero-order valence-electron chi connectivity index (χ0n) is 10.6. The molecule has 1 fully saturated rings. The molecule has 0 aromatic rings. The number of nitrogens with one attached hydrogen (secondary N) is 1. The van der Waals surface area contributed by atoms with Crippen LogP contribution in [-0.2, 0) is 14.4 Å². The molecule has 1 heterocycles. The summed E-state index contributed by atoms with van der Waals surface area (Å²) < 4.78 is 0. The Morgan fingerprint density at radius 3 is 2.35 bits per heavy atom. The number of aliphatic carboxylic acids is 3. The van der Waals surface area contributed by atoms with Crippen LogP contribution >= 0.6 is 0 Å². The molecule has 1 aliphatic heterocycles. The van der Waals surface area contributed by atoms with Crippen LogP contribution in [0.15, 0.2) is 0 Å². The van der Waals surface area contributed by atoms with Gasteiger partial charge in [-0.3, -0.25) is 4.79 Å². The van der Waals surface area contributed by atoms with Crippen molar-refractivity contribution in [3.8, 4) is 0 Å². The molecule has 112 valence electrons. The predicted molar refractivity (Wildman–Crippen MR) is 64.2 cm³/mol. The summed E-state index contributed by atoms with van der Waals surface area (Å²) in [5.74, 6) is -3.67. The molecule has 0 saturated carbocycles. The average Bonchev–Trinajstić information content (AvgIpc) is 2.82. The number of likely N-dealkylation sites (tertiary alicyclic amines) is 1. The molecule has 0 radical (unpaired) electrons. The number of urea groups is 1. The quantitative estimate of drug-likeness (QED) is 0.518. The molecule has 0 aliphatic carbocycles. The molecule has 4 N–H and O–H groups in total. The predicted octanol–water partition coefficient (Wildman–Crippen LogP) is -0.437. The van der Waals surface area contributed by atoms with E-state index in [1.807, 2.05) is 0 Å². The molecule has 1 aliphatic rings. The van der Waals surface area contributed by atoms with Crippen molar-refractivity contribution in [3.63, 3.8) is 0 Å². The first-order valence-electron chi connectivity index (χ1n) is 6.07. The van der Waals surface area contributed by atoms with Gasteiger partial charge < -0.3 is 25.5 Å². The van der Waals surface area contributed by atoms with E-state index in [2.05, 4.69) is 5.32 Å². The Bertz CT molecular complexity index is 423. The Labute approximate surface area is 114 Å². The summed E-state index contributed by atoms with van der Waals surface area (Å²) in [5.41, 5.74) is 0. The van der Waals surface area contributed by atoms with E-state index in [9.17, 15) is 19.2 Å². The summed E-state index contributed by atoms with van der Waals surface area (Å²) in [6.45, 7) is 0.230. The zero-order valence-corrected chi connectivity index (χ0v) is 10.6. The third-order valence-electron chi connectivity index (χ3n) is 3.04. The van der Waals surface area contributed by atoms with Crippen molar-refractivity contribution < 1.29 is 34.5 Å². The Morgan fingerprint density at radius 2 is 1.85 bits per heavy atom. The van der Waals surface area contributed by atoms with Crippen LogP contribution in [0, 0.1) is 0 Å². The minimum absolute atomic E-state index is 0.230. The third-order valence-corrected chi connectivity index (χ3v) is 3.04. The van der Waals surface area contributed by atoms with Crippen molar-refractivity contribution in [2.24, 2.45) is 0 Å². The van der Waals surface area contributed by atoms with E-state index >= 15 is 0 Å². The van der Waals surface area contributed by atoms with Gasteiger partial charge in [-0.1, -0.05) is 0 Å². The van der Waals surface area contributed by atoms with Crippen molar-refractivity contribution in [2.75, 3.05) is 6.54 Å². The maximum atomic E-state index is 11.9. The van der Waals surface area contributed by atoms with Crippen molar-refractivity contribution in [1.29, 1.82) is 0 Å². The van der Waals surface area contributed by atoms with Crippen LogP contribution in [0.25, 0.3) is 0 Å². The molecule has 1 unspecified atom stereocenters. The van der Waals surface area contributed by atoms with Crippen LogP contribution in [0.5, 0.6) is 0 Å². The molecule has 9 heteroatoms. The van der Waals surface area contributed by atoms with Crippen LogP contribution in [-0.4, -0.2) is 62.8 Å². The van der Waals surface area contributed by atoms with Crippen molar-refractivity contribution in [3.05, 3.63) is 0 Å². The Balaban J connectivity index is 2.63. The van der Waals surface area contributed by atoms with E-state index < -0.39 is 42.4 Å². The van der Waals surface area contributed by atoms with E-state index in [0.29, 0.717) is 12.8 Å². The molecule has 2 amide bonds. The summed E-state index contributed by atoms with van der Waals surface area (Å²) >= 11 is 0. The highest BCUT2D eigenvalue weighted by Gasteiger charge is 2.35. The van der Waals surface area contributed by atoms with Crippen molar-refractivity contribution >= 4 is 23.9 Å². The van der Waals surface area contributed by atoms with Gasteiger partial charge in [0.1, 0.15) is 12.1 Å². The van der Waals surface area contributed by atoms with Gasteiger partial charge in [-0.25, -0.2) is 14.4 Å². The number of rotatable bonds is 6. The average molecular weight is 288 g/mol. The second-order valence-electron chi connectivity index (χ2n) is 4.46. The van der Waals surface area contributed by atoms with E-state index in [1.54, 1.807) is 0 Å². The number of amides is 2. The maximum absolute atomic E-state index is 11.9. The first-order chi connectivity index (χ1) is 9.32. The standard InChI is InChI=1S/C11H16N2O7/c14-8(15)4-3-6(9(16)17)12-11(20)13-5-1-2-7(13)10(18)19/h6-7H,1-5H2,(H,12,20)(H,14,15)(H,16,17)(H,18,19)/t6?,7-/m0/s1. The molecular formula is C11H16N2O7. The number of carboxylic acids is 3. The fourth-order valence-corrected chi connectivity index (χ4v) is 2.02. The summed E-state index contributed by atoms with van der Waals surface area (Å²) in [6, 6.07) is -3.12. The van der Waals surface area contributed by atoms with E-state index in [-0.39, 0.29) is 13.0 Å². The second-order valence-corrected chi connectivity index (χ2v) is 4.46. The number of hydrogen-bond donors (Lipinski definition) is 4. The maximum Gasteiger partial charge on any atom is 0.326 e. The topological polar surface area (TPSA) is 144 Å². The smallest absolute Gasteiger partial charge is 0.326 e. The first-order valence-corrected chi connectivity index (χ1v) is 6.07. The van der Waals surface area contributed by atoms with Gasteiger partial charge in [0.05, 0.1) is 0 Å². The third kappa shape index (κ3) is 4.11. The van der Waals surface area contributed by atoms with Crippen LogP contribution in [0.4, 0.5) is 4.79 Å². The molecule has 9 nitrogen and oxygen atoms in total. The number of carbonyl (C=O) groups is 4. The molecule has 2 atom stereocenters. The SMILES string of the molecule is O=C(O)CCC(NC(=O)N1CCC[C@H]1C(=O)O)C(=O)O. The fourth-order valence-electron chi connectivity index (χ4n) is 2.02. The highest BCUT2D eigenvalue weighted by atomic mass is 16.4. The molecule has 0 bridgehead atoms. The normalized spacial score (nSPS) is 19.4. The monoisotopic (exact) mass is 288 g/mol. The number of carbonyl (C=O) groups excluding carboxylic acids is 1. The van der Waals surface area contributed by atoms with Gasteiger partial charge in [-0.15, -0.1) is 0 Å². The lowest BCUT2D eigenvalue weighted by Gasteiger charge is -2.24. The Morgan fingerprint density at radius 1 is 1.20 bits per heavy atom. The lowest BCUT2D eigenvalue weighted by Crippen LogP contribution is -2.51. The Hall–Kier alpha value is -2.32. The van der Waals surface area contributed by atoms with E-state index in [0.717, 1.165) is 4.90 Å². The lowest BCUT2D eigenvalue weighted by atomic mass is 10.1. The summed E-state index contributed by atoms with van der Waals surface area (Å²) in [5, 5.41) is 28.5. The number of nitrogens with zero attached hydrogens (tertiary/aromatic N) is 1. The zero-order chi connectivity index (χ0) is 15.3. The number of carboxylic acid groups (broad SMARTS) is 3. The molecular weight excluding hydrogens is 272 g/mol. The van der Waals surface area contributed by atoms with Crippen LogP contribution < -0.4 is 5.32 Å². The van der Waals surface area contributed by atoms with E-state index in [4.69, 9.17) is 15.3 Å². The second kappa shape index (κ2) is 6.73. The number of hydrogen-bond acceptors (Lipinski definition) is 4. The van der Waals surface area contributed by atoms with Gasteiger partial charge >= 0.3 is 23.9 Å². The minimum Gasteiger partial charge on any atom is -0.481 e. The highest BCUT2D eigenvalue weighted by molar-refractivity contribution is 5.86. The van der Waals surface area contributed by atoms with Gasteiger partial charge in [0.15, 0.2) is 0 Å². The minimum atomic E-state index is -1.36. The van der Waals surface area contributed by atoms with Crippen molar-refractivity contribution in [1.82, 2.24) is 10.2 Å². The van der Waals surface area contributed by atoms with Gasteiger partial charge in [-0.2, -0.15) is 0 Å². The largest absolute Gasteiger partial charge is 0.481 e.